The average molecular weight is 439 g/mol. The van der Waals surface area contributed by atoms with E-state index in [-0.39, 0.29) is 28.3 Å². The summed E-state index contributed by atoms with van der Waals surface area (Å²) in [4.78, 5) is 19.1. The van der Waals surface area contributed by atoms with Crippen LogP contribution >= 0.6 is 0 Å². The number of amides is 1. The molecule has 2 N–H and O–H groups in total. The van der Waals surface area contributed by atoms with Crippen LogP contribution < -0.4 is 5.32 Å². The van der Waals surface area contributed by atoms with E-state index in [0.29, 0.717) is 0 Å². The van der Waals surface area contributed by atoms with Gasteiger partial charge in [-0.3, -0.25) is 4.79 Å². The molecule has 1 aromatic heterocycles. The van der Waals surface area contributed by atoms with Crippen LogP contribution in [0.25, 0.3) is 11.0 Å². The lowest BCUT2D eigenvalue weighted by Gasteiger charge is -2.25. The molecule has 0 aliphatic carbocycles. The minimum absolute atomic E-state index is 0.0124. The molecule has 0 radical (unpaired) electrons. The van der Waals surface area contributed by atoms with Gasteiger partial charge in [0.25, 0.3) is 5.91 Å². The third kappa shape index (κ3) is 4.18. The van der Waals surface area contributed by atoms with Crippen molar-refractivity contribution in [1.82, 2.24) is 15.3 Å². The Hall–Kier alpha value is -2.88. The summed E-state index contributed by atoms with van der Waals surface area (Å²) in [7, 11) is -3.76. The number of imidazole rings is 1. The maximum atomic E-state index is 12.9. The number of rotatable bonds is 5. The predicted octanol–water partition coefficient (Wildman–Crippen LogP) is 3.87. The van der Waals surface area contributed by atoms with Gasteiger partial charge in [-0.25, -0.2) is 13.4 Å². The number of sulfone groups is 1. The number of halogens is 3. The molecule has 1 heterocycles. The predicted molar refractivity (Wildman–Crippen MR) is 106 cm³/mol. The van der Waals surface area contributed by atoms with Crippen molar-refractivity contribution in [1.29, 1.82) is 0 Å². The van der Waals surface area contributed by atoms with Gasteiger partial charge < -0.3 is 10.3 Å². The van der Waals surface area contributed by atoms with E-state index in [1.54, 1.807) is 25.1 Å². The van der Waals surface area contributed by atoms with Crippen LogP contribution in [0.4, 0.5) is 13.2 Å². The smallest absolute Gasteiger partial charge is 0.348 e. The van der Waals surface area contributed by atoms with Crippen LogP contribution in [-0.4, -0.2) is 35.6 Å². The first-order valence-electron chi connectivity index (χ1n) is 8.98. The first-order valence-corrected chi connectivity index (χ1v) is 10.5. The lowest BCUT2D eigenvalue weighted by Crippen LogP contribution is -2.44. The number of nitrogens with zero attached hydrogens (tertiary/aromatic N) is 1. The van der Waals surface area contributed by atoms with Gasteiger partial charge in [-0.1, -0.05) is 12.1 Å². The Balaban J connectivity index is 1.79. The molecule has 160 valence electrons. The number of carbonyl (C=O) groups excluding carboxylic acids is 1. The summed E-state index contributed by atoms with van der Waals surface area (Å²) in [5, 5.41) is 2.50. The number of aromatic amines is 1. The van der Waals surface area contributed by atoms with Gasteiger partial charge in [0.2, 0.25) is 0 Å². The molecule has 0 atom stereocenters. The molecule has 3 aromatic rings. The fraction of sp³-hybridized carbons (Fsp3) is 0.300. The van der Waals surface area contributed by atoms with Crippen LogP contribution in [0.5, 0.6) is 0 Å². The summed E-state index contributed by atoms with van der Waals surface area (Å²) >= 11 is 0. The second kappa shape index (κ2) is 7.42. The van der Waals surface area contributed by atoms with Crippen molar-refractivity contribution in [2.45, 2.75) is 36.6 Å². The number of benzene rings is 2. The fourth-order valence-electron chi connectivity index (χ4n) is 2.86. The third-order valence-electron chi connectivity index (χ3n) is 4.73. The number of alkyl halides is 3. The summed E-state index contributed by atoms with van der Waals surface area (Å²) in [5.41, 5.74) is 0.164. The van der Waals surface area contributed by atoms with Gasteiger partial charge in [0, 0.05) is 6.54 Å². The van der Waals surface area contributed by atoms with Crippen molar-refractivity contribution in [3.8, 4) is 0 Å². The zero-order valence-electron chi connectivity index (χ0n) is 16.5. The van der Waals surface area contributed by atoms with E-state index in [2.05, 4.69) is 15.3 Å². The largest absolute Gasteiger partial charge is 0.416 e. The molecule has 0 aliphatic heterocycles. The highest BCUT2D eigenvalue weighted by Gasteiger charge is 2.36. The van der Waals surface area contributed by atoms with Crippen LogP contribution in [0.15, 0.2) is 47.4 Å². The van der Waals surface area contributed by atoms with E-state index in [1.807, 2.05) is 0 Å². The lowest BCUT2D eigenvalue weighted by atomic mass is 10.2. The van der Waals surface area contributed by atoms with Gasteiger partial charge >= 0.3 is 6.18 Å². The van der Waals surface area contributed by atoms with Crippen LogP contribution in [0.2, 0.25) is 0 Å². The molecule has 0 saturated carbocycles. The number of nitrogens with one attached hydrogen (secondary N) is 2. The number of aromatic nitrogens is 2. The normalized spacial score (nSPS) is 12.9. The molecule has 10 heteroatoms. The zero-order valence-corrected chi connectivity index (χ0v) is 17.3. The second-order valence-corrected chi connectivity index (χ2v) is 10.2. The highest BCUT2D eigenvalue weighted by molar-refractivity contribution is 7.92. The van der Waals surface area contributed by atoms with E-state index >= 15 is 0 Å². The van der Waals surface area contributed by atoms with E-state index < -0.39 is 32.2 Å². The van der Waals surface area contributed by atoms with Gasteiger partial charge in [-0.15, -0.1) is 0 Å². The van der Waals surface area contributed by atoms with Gasteiger partial charge in [0.15, 0.2) is 15.7 Å². The summed E-state index contributed by atoms with van der Waals surface area (Å²) in [6, 6.07) is 9.38. The van der Waals surface area contributed by atoms with Crippen LogP contribution in [0.1, 0.15) is 35.6 Å². The van der Waals surface area contributed by atoms with E-state index in [9.17, 15) is 26.4 Å². The molecule has 0 aliphatic rings. The number of fused-ring (bicyclic) bond motifs is 1. The fourth-order valence-corrected chi connectivity index (χ4v) is 4.36. The minimum Gasteiger partial charge on any atom is -0.348 e. The first kappa shape index (κ1) is 21.8. The van der Waals surface area contributed by atoms with Gasteiger partial charge in [0.1, 0.15) is 0 Å². The molecule has 30 heavy (non-hydrogen) atoms. The van der Waals surface area contributed by atoms with Gasteiger partial charge in [-0.05, 0) is 56.7 Å². The maximum absolute atomic E-state index is 12.9. The Bertz CT molecular complexity index is 1210. The van der Waals surface area contributed by atoms with Crippen LogP contribution in [0, 0.1) is 6.92 Å². The summed E-state index contributed by atoms with van der Waals surface area (Å²) in [6.45, 7) is 4.53. The first-order chi connectivity index (χ1) is 13.8. The third-order valence-corrected chi connectivity index (χ3v) is 7.20. The Morgan fingerprint density at radius 3 is 2.47 bits per heavy atom. The molecule has 0 spiro atoms. The Morgan fingerprint density at radius 2 is 1.83 bits per heavy atom. The molecule has 0 unspecified atom stereocenters. The number of aryl methyl sites for hydroxylation is 1. The van der Waals surface area contributed by atoms with Crippen molar-refractivity contribution >= 4 is 26.8 Å². The molecular formula is C20H20F3N3O3S. The molecule has 0 bridgehead atoms. The second-order valence-electron chi connectivity index (χ2n) is 7.58. The molecule has 3 rings (SSSR count). The number of hydrogen-bond acceptors (Lipinski definition) is 4. The van der Waals surface area contributed by atoms with Crippen molar-refractivity contribution in [3.05, 3.63) is 59.4 Å². The van der Waals surface area contributed by atoms with Crippen molar-refractivity contribution in [2.75, 3.05) is 6.54 Å². The van der Waals surface area contributed by atoms with Crippen LogP contribution in [0.3, 0.4) is 0 Å². The monoisotopic (exact) mass is 439 g/mol. The Morgan fingerprint density at radius 1 is 1.13 bits per heavy atom. The number of H-pyrrole nitrogens is 1. The van der Waals surface area contributed by atoms with Crippen LogP contribution in [-0.2, 0) is 16.0 Å². The molecule has 0 saturated heterocycles. The van der Waals surface area contributed by atoms with Gasteiger partial charge in [0.05, 0.1) is 26.2 Å². The quantitative estimate of drug-likeness (QED) is 0.631. The Kier molecular flexibility index (Phi) is 5.40. The molecule has 0 fully saturated rings. The molecular weight excluding hydrogens is 419 g/mol. The summed E-state index contributed by atoms with van der Waals surface area (Å²) in [6.07, 6.45) is -4.52. The highest BCUT2D eigenvalue weighted by Crippen LogP contribution is 2.31. The SMILES string of the molecule is Cc1cccc(S(=O)(=O)C(C)(C)CNC(=O)c2nc3cc(C(F)(F)F)ccc3[nH]2)c1. The summed E-state index contributed by atoms with van der Waals surface area (Å²) in [5.74, 6) is -0.916. The van der Waals surface area contributed by atoms with Crippen molar-refractivity contribution < 1.29 is 26.4 Å². The number of carbonyl (C=O) groups is 1. The van der Waals surface area contributed by atoms with Gasteiger partial charge in [-0.2, -0.15) is 13.2 Å². The lowest BCUT2D eigenvalue weighted by molar-refractivity contribution is -0.137. The highest BCUT2D eigenvalue weighted by atomic mass is 32.2. The minimum atomic E-state index is -4.52. The average Bonchev–Trinajstić information content (AvgIpc) is 3.08. The topological polar surface area (TPSA) is 91.9 Å². The standard InChI is InChI=1S/C20H20F3N3O3S/c1-12-5-4-6-14(9-12)30(28,29)19(2,3)11-24-18(27)17-25-15-8-7-13(20(21,22)23)10-16(15)26-17/h4-10H,11H2,1-3H3,(H,24,27)(H,25,26). The van der Waals surface area contributed by atoms with E-state index in [0.717, 1.165) is 17.7 Å². The molecule has 2 aromatic carbocycles. The van der Waals surface area contributed by atoms with Crippen molar-refractivity contribution in [2.24, 2.45) is 0 Å². The number of hydrogen-bond donors (Lipinski definition) is 2. The molecule has 6 nitrogen and oxygen atoms in total. The molecule has 1 amide bonds. The van der Waals surface area contributed by atoms with E-state index in [4.69, 9.17) is 0 Å². The Labute approximate surface area is 171 Å². The van der Waals surface area contributed by atoms with Crippen molar-refractivity contribution in [3.63, 3.8) is 0 Å². The zero-order chi connectivity index (χ0) is 22.3. The summed E-state index contributed by atoms with van der Waals surface area (Å²) < 4.78 is 63.1. The maximum Gasteiger partial charge on any atom is 0.416 e. The van der Waals surface area contributed by atoms with E-state index in [1.165, 1.54) is 26.0 Å².